The maximum atomic E-state index is 5.83. The second-order valence-electron chi connectivity index (χ2n) is 4.78. The molecule has 0 unspecified atom stereocenters. The van der Waals surface area contributed by atoms with Gasteiger partial charge in [0.05, 0.1) is 12.5 Å². The van der Waals surface area contributed by atoms with Gasteiger partial charge in [0.15, 0.2) is 11.4 Å². The first kappa shape index (κ1) is 12.6. The van der Waals surface area contributed by atoms with Crippen molar-refractivity contribution in [2.24, 2.45) is 5.73 Å². The molecule has 2 aromatic heterocycles. The standard InChI is InChI=1S/C15H16N4O/c1-10(16)12-4-2-11(3-5-12)8-17-15-14-13(6-7-20-14)9-18-19-15/h2-7,9-10H,8,16H2,1H3,(H,17,19)/t10-/m1/s1. The SMILES string of the molecule is C[C@@H](N)c1ccc(CNc2nncc3ccoc23)cc1. The molecule has 0 saturated heterocycles. The summed E-state index contributed by atoms with van der Waals surface area (Å²) in [4.78, 5) is 0. The van der Waals surface area contributed by atoms with E-state index in [4.69, 9.17) is 10.2 Å². The number of furan rings is 1. The van der Waals surface area contributed by atoms with Crippen molar-refractivity contribution in [3.63, 3.8) is 0 Å². The molecule has 1 aromatic carbocycles. The van der Waals surface area contributed by atoms with Gasteiger partial charge in [-0.3, -0.25) is 0 Å². The Hall–Kier alpha value is -2.40. The molecule has 0 spiro atoms. The minimum Gasteiger partial charge on any atom is -0.460 e. The summed E-state index contributed by atoms with van der Waals surface area (Å²) >= 11 is 0. The first-order valence-electron chi connectivity index (χ1n) is 6.51. The van der Waals surface area contributed by atoms with E-state index in [1.54, 1.807) is 12.5 Å². The third-order valence-corrected chi connectivity index (χ3v) is 3.23. The molecule has 0 aliphatic carbocycles. The summed E-state index contributed by atoms with van der Waals surface area (Å²) in [5.41, 5.74) is 8.84. The summed E-state index contributed by atoms with van der Waals surface area (Å²) in [6, 6.07) is 10.1. The van der Waals surface area contributed by atoms with Gasteiger partial charge < -0.3 is 15.5 Å². The van der Waals surface area contributed by atoms with Crippen molar-refractivity contribution in [1.29, 1.82) is 0 Å². The smallest absolute Gasteiger partial charge is 0.192 e. The van der Waals surface area contributed by atoms with Crippen molar-refractivity contribution in [3.8, 4) is 0 Å². The lowest BCUT2D eigenvalue weighted by Crippen LogP contribution is -2.06. The van der Waals surface area contributed by atoms with Gasteiger partial charge in [0.1, 0.15) is 0 Å². The van der Waals surface area contributed by atoms with Gasteiger partial charge in [-0.25, -0.2) is 0 Å². The van der Waals surface area contributed by atoms with Crippen LogP contribution in [0.3, 0.4) is 0 Å². The number of fused-ring (bicyclic) bond motifs is 1. The zero-order valence-electron chi connectivity index (χ0n) is 11.2. The molecule has 0 bridgehead atoms. The molecule has 2 heterocycles. The zero-order chi connectivity index (χ0) is 13.9. The molecule has 20 heavy (non-hydrogen) atoms. The number of nitrogens with zero attached hydrogens (tertiary/aromatic N) is 2. The first-order chi connectivity index (χ1) is 9.74. The number of hydrogen-bond donors (Lipinski definition) is 2. The lowest BCUT2D eigenvalue weighted by Gasteiger charge is -2.08. The third kappa shape index (κ3) is 2.48. The van der Waals surface area contributed by atoms with Crippen molar-refractivity contribution in [2.45, 2.75) is 19.5 Å². The Bertz CT molecular complexity index is 703. The Labute approximate surface area is 116 Å². The van der Waals surface area contributed by atoms with Crippen molar-refractivity contribution >= 4 is 16.8 Å². The van der Waals surface area contributed by atoms with Gasteiger partial charge in [0.25, 0.3) is 0 Å². The highest BCUT2D eigenvalue weighted by Gasteiger charge is 2.06. The van der Waals surface area contributed by atoms with E-state index < -0.39 is 0 Å². The van der Waals surface area contributed by atoms with Crippen molar-refractivity contribution in [2.75, 3.05) is 5.32 Å². The van der Waals surface area contributed by atoms with Crippen LogP contribution in [-0.2, 0) is 6.54 Å². The summed E-state index contributed by atoms with van der Waals surface area (Å²) in [5, 5.41) is 12.2. The van der Waals surface area contributed by atoms with Gasteiger partial charge in [-0.2, -0.15) is 5.10 Å². The van der Waals surface area contributed by atoms with E-state index in [0.717, 1.165) is 22.1 Å². The molecule has 0 aliphatic heterocycles. The van der Waals surface area contributed by atoms with Crippen LogP contribution in [0.1, 0.15) is 24.1 Å². The summed E-state index contributed by atoms with van der Waals surface area (Å²) in [6.45, 7) is 2.63. The minimum atomic E-state index is 0.0553. The molecule has 3 aromatic rings. The largest absolute Gasteiger partial charge is 0.460 e. The highest BCUT2D eigenvalue weighted by molar-refractivity contribution is 5.85. The van der Waals surface area contributed by atoms with Gasteiger partial charge in [0, 0.05) is 18.0 Å². The van der Waals surface area contributed by atoms with E-state index in [0.29, 0.717) is 12.4 Å². The highest BCUT2D eigenvalue weighted by atomic mass is 16.3. The van der Waals surface area contributed by atoms with E-state index in [1.807, 2.05) is 25.1 Å². The van der Waals surface area contributed by atoms with Gasteiger partial charge >= 0.3 is 0 Å². The Morgan fingerprint density at radius 2 is 2.05 bits per heavy atom. The maximum Gasteiger partial charge on any atom is 0.192 e. The molecule has 0 fully saturated rings. The minimum absolute atomic E-state index is 0.0553. The third-order valence-electron chi connectivity index (χ3n) is 3.23. The average molecular weight is 268 g/mol. The molecule has 0 radical (unpaired) electrons. The van der Waals surface area contributed by atoms with E-state index >= 15 is 0 Å². The molecule has 102 valence electrons. The van der Waals surface area contributed by atoms with Crippen LogP contribution in [0, 0.1) is 0 Å². The van der Waals surface area contributed by atoms with Crippen LogP contribution in [0.2, 0.25) is 0 Å². The number of nitrogens with one attached hydrogen (secondary N) is 1. The van der Waals surface area contributed by atoms with Crippen molar-refractivity contribution in [3.05, 3.63) is 53.9 Å². The zero-order valence-corrected chi connectivity index (χ0v) is 11.2. The number of anilines is 1. The molecule has 5 nitrogen and oxygen atoms in total. The Balaban J connectivity index is 1.74. The maximum absolute atomic E-state index is 5.83. The van der Waals surface area contributed by atoms with Gasteiger partial charge in [-0.05, 0) is 24.1 Å². The van der Waals surface area contributed by atoms with Gasteiger partial charge in [0.2, 0.25) is 0 Å². The van der Waals surface area contributed by atoms with Crippen LogP contribution < -0.4 is 11.1 Å². The molecule has 0 saturated carbocycles. The molecule has 1 atom stereocenters. The molecule has 5 heteroatoms. The monoisotopic (exact) mass is 268 g/mol. The molecular formula is C15H16N4O. The fourth-order valence-corrected chi connectivity index (χ4v) is 2.05. The second-order valence-corrected chi connectivity index (χ2v) is 4.78. The molecule has 0 amide bonds. The number of nitrogens with two attached hydrogens (primary N) is 1. The van der Waals surface area contributed by atoms with Gasteiger partial charge in [-0.1, -0.05) is 24.3 Å². The highest BCUT2D eigenvalue weighted by Crippen LogP contribution is 2.21. The lowest BCUT2D eigenvalue weighted by atomic mass is 10.1. The topological polar surface area (TPSA) is 77.0 Å². The van der Waals surface area contributed by atoms with Crippen LogP contribution in [0.25, 0.3) is 11.0 Å². The summed E-state index contributed by atoms with van der Waals surface area (Å²) in [7, 11) is 0. The Morgan fingerprint density at radius 3 is 2.80 bits per heavy atom. The average Bonchev–Trinajstić information content (AvgIpc) is 2.94. The van der Waals surface area contributed by atoms with E-state index in [9.17, 15) is 0 Å². The number of hydrogen-bond acceptors (Lipinski definition) is 5. The van der Waals surface area contributed by atoms with E-state index in [2.05, 4.69) is 27.6 Å². The normalized spacial score (nSPS) is 12.5. The fraction of sp³-hybridized carbons (Fsp3) is 0.200. The van der Waals surface area contributed by atoms with Crippen molar-refractivity contribution in [1.82, 2.24) is 10.2 Å². The van der Waals surface area contributed by atoms with Crippen LogP contribution in [0.15, 0.2) is 47.2 Å². The quantitative estimate of drug-likeness (QED) is 0.760. The summed E-state index contributed by atoms with van der Waals surface area (Å²) in [5.74, 6) is 0.656. The van der Waals surface area contributed by atoms with E-state index in [-0.39, 0.29) is 6.04 Å². The lowest BCUT2D eigenvalue weighted by molar-refractivity contribution is 0.614. The molecule has 3 N–H and O–H groups in total. The van der Waals surface area contributed by atoms with Crippen LogP contribution in [0.4, 0.5) is 5.82 Å². The first-order valence-corrected chi connectivity index (χ1v) is 6.51. The summed E-state index contributed by atoms with van der Waals surface area (Å²) < 4.78 is 5.41. The van der Waals surface area contributed by atoms with Crippen LogP contribution >= 0.6 is 0 Å². The predicted octanol–water partition coefficient (Wildman–Crippen LogP) is 2.85. The Kier molecular flexibility index (Phi) is 3.35. The van der Waals surface area contributed by atoms with Crippen LogP contribution in [0.5, 0.6) is 0 Å². The number of rotatable bonds is 4. The van der Waals surface area contributed by atoms with Crippen LogP contribution in [-0.4, -0.2) is 10.2 Å². The van der Waals surface area contributed by atoms with Crippen molar-refractivity contribution < 1.29 is 4.42 Å². The Morgan fingerprint density at radius 1 is 1.25 bits per heavy atom. The van der Waals surface area contributed by atoms with Gasteiger partial charge in [-0.15, -0.1) is 5.10 Å². The fourth-order valence-electron chi connectivity index (χ4n) is 2.05. The predicted molar refractivity (Wildman–Crippen MR) is 78.2 cm³/mol. The van der Waals surface area contributed by atoms with E-state index in [1.165, 1.54) is 0 Å². The molecule has 3 rings (SSSR count). The number of benzene rings is 1. The second kappa shape index (κ2) is 5.30. The number of aromatic nitrogens is 2. The molecular weight excluding hydrogens is 252 g/mol. The molecule has 0 aliphatic rings. The summed E-state index contributed by atoms with van der Waals surface area (Å²) in [6.07, 6.45) is 3.32.